The summed E-state index contributed by atoms with van der Waals surface area (Å²) >= 11 is 0. The van der Waals surface area contributed by atoms with Crippen molar-refractivity contribution in [2.24, 2.45) is 0 Å². The third kappa shape index (κ3) is 7.26. The molecule has 0 aromatic heterocycles. The van der Waals surface area contributed by atoms with Crippen LogP contribution < -0.4 is 4.74 Å². The van der Waals surface area contributed by atoms with Gasteiger partial charge in [0.25, 0.3) is 0 Å². The van der Waals surface area contributed by atoms with Gasteiger partial charge in [0.15, 0.2) is 5.78 Å². The first kappa shape index (κ1) is 17.7. The van der Waals surface area contributed by atoms with E-state index in [1.807, 2.05) is 0 Å². The summed E-state index contributed by atoms with van der Waals surface area (Å²) in [6.45, 7) is 4.19. The first-order valence-electron chi connectivity index (χ1n) is 8.08. The number of hydrogen-bond donors (Lipinski definition) is 0. The van der Waals surface area contributed by atoms with E-state index in [1.165, 1.54) is 57.6 Å². The van der Waals surface area contributed by atoms with Crippen molar-refractivity contribution in [2.75, 3.05) is 6.61 Å². The van der Waals surface area contributed by atoms with Crippen LogP contribution in [0.5, 0.6) is 5.75 Å². The summed E-state index contributed by atoms with van der Waals surface area (Å²) in [5.41, 5.74) is 0.120. The molecule has 0 amide bonds. The maximum absolute atomic E-state index is 13.6. The Kier molecular flexibility index (Phi) is 8.72. The molecule has 118 valence electrons. The fourth-order valence-electron chi connectivity index (χ4n) is 2.30. The summed E-state index contributed by atoms with van der Waals surface area (Å²) in [5.74, 6) is -0.265. The van der Waals surface area contributed by atoms with Crippen LogP contribution in [0.4, 0.5) is 4.39 Å². The summed E-state index contributed by atoms with van der Waals surface area (Å²) in [4.78, 5) is 11.1. The molecule has 0 radical (unpaired) electrons. The van der Waals surface area contributed by atoms with Crippen molar-refractivity contribution in [1.29, 1.82) is 0 Å². The average molecular weight is 294 g/mol. The molecule has 1 aromatic carbocycles. The van der Waals surface area contributed by atoms with E-state index >= 15 is 0 Å². The molecule has 3 heteroatoms. The molecule has 21 heavy (non-hydrogen) atoms. The lowest BCUT2D eigenvalue weighted by Gasteiger charge is -2.07. The molecule has 0 N–H and O–H groups in total. The molecule has 0 aliphatic heterocycles. The molecule has 0 aliphatic rings. The smallest absolute Gasteiger partial charge is 0.162 e. The minimum atomic E-state index is -0.504. The minimum absolute atomic E-state index is 0.120. The Balaban J connectivity index is 2.13. The van der Waals surface area contributed by atoms with E-state index in [-0.39, 0.29) is 11.3 Å². The van der Waals surface area contributed by atoms with E-state index in [0.717, 1.165) is 12.8 Å². The standard InChI is InChI=1S/C18H27FO2/c1-3-4-5-6-7-8-9-10-13-21-16-11-12-17(15(2)20)18(19)14-16/h11-12,14H,3-10,13H2,1-2H3. The zero-order valence-corrected chi connectivity index (χ0v) is 13.3. The predicted molar refractivity (Wildman–Crippen MR) is 84.5 cm³/mol. The second-order valence-corrected chi connectivity index (χ2v) is 5.52. The molecule has 0 heterocycles. The number of unbranched alkanes of at least 4 members (excludes halogenated alkanes) is 7. The first-order chi connectivity index (χ1) is 10.1. The van der Waals surface area contributed by atoms with Crippen molar-refractivity contribution in [2.45, 2.75) is 65.2 Å². The maximum Gasteiger partial charge on any atom is 0.162 e. The fourth-order valence-corrected chi connectivity index (χ4v) is 2.30. The third-order valence-electron chi connectivity index (χ3n) is 3.59. The number of halogens is 1. The first-order valence-corrected chi connectivity index (χ1v) is 8.08. The largest absolute Gasteiger partial charge is 0.493 e. The van der Waals surface area contributed by atoms with Gasteiger partial charge in [0.2, 0.25) is 0 Å². The number of rotatable bonds is 11. The van der Waals surface area contributed by atoms with Crippen LogP contribution in [0.3, 0.4) is 0 Å². The number of Topliss-reactive ketones (excluding diaryl/α,β-unsaturated/α-hetero) is 1. The van der Waals surface area contributed by atoms with Crippen molar-refractivity contribution in [3.8, 4) is 5.75 Å². The molecule has 0 fully saturated rings. The van der Waals surface area contributed by atoms with Gasteiger partial charge < -0.3 is 4.74 Å². The van der Waals surface area contributed by atoms with Gasteiger partial charge >= 0.3 is 0 Å². The van der Waals surface area contributed by atoms with Crippen LogP contribution in [0, 0.1) is 5.82 Å². The van der Waals surface area contributed by atoms with Crippen LogP contribution in [0.25, 0.3) is 0 Å². The molecule has 1 aromatic rings. The average Bonchev–Trinajstić information content (AvgIpc) is 2.45. The highest BCUT2D eigenvalue weighted by Crippen LogP contribution is 2.17. The van der Waals surface area contributed by atoms with Crippen molar-refractivity contribution in [1.82, 2.24) is 0 Å². The normalized spacial score (nSPS) is 10.6. The molecular formula is C18H27FO2. The molecule has 2 nitrogen and oxygen atoms in total. The van der Waals surface area contributed by atoms with Gasteiger partial charge in [-0.3, -0.25) is 4.79 Å². The summed E-state index contributed by atoms with van der Waals surface area (Å²) in [5, 5.41) is 0. The van der Waals surface area contributed by atoms with Gasteiger partial charge in [-0.05, 0) is 25.5 Å². The summed E-state index contributed by atoms with van der Waals surface area (Å²) in [7, 11) is 0. The summed E-state index contributed by atoms with van der Waals surface area (Å²) < 4.78 is 19.1. The van der Waals surface area contributed by atoms with Crippen LogP contribution in [-0.2, 0) is 0 Å². The van der Waals surface area contributed by atoms with Gasteiger partial charge in [0.1, 0.15) is 11.6 Å². The Morgan fingerprint density at radius 3 is 2.24 bits per heavy atom. The quantitative estimate of drug-likeness (QED) is 0.395. The summed E-state index contributed by atoms with van der Waals surface area (Å²) in [6.07, 6.45) is 9.97. The highest BCUT2D eigenvalue weighted by molar-refractivity contribution is 5.94. The van der Waals surface area contributed by atoms with Crippen molar-refractivity contribution in [3.05, 3.63) is 29.6 Å². The minimum Gasteiger partial charge on any atom is -0.493 e. The number of ether oxygens (including phenoxy) is 1. The van der Waals surface area contributed by atoms with Crippen molar-refractivity contribution < 1.29 is 13.9 Å². The van der Waals surface area contributed by atoms with Gasteiger partial charge in [0.05, 0.1) is 12.2 Å². The molecule has 0 aliphatic carbocycles. The monoisotopic (exact) mass is 294 g/mol. The van der Waals surface area contributed by atoms with E-state index in [4.69, 9.17) is 4.74 Å². The maximum atomic E-state index is 13.6. The van der Waals surface area contributed by atoms with Crippen LogP contribution >= 0.6 is 0 Å². The van der Waals surface area contributed by atoms with Crippen molar-refractivity contribution in [3.63, 3.8) is 0 Å². The lowest BCUT2D eigenvalue weighted by atomic mass is 10.1. The molecular weight excluding hydrogens is 267 g/mol. The van der Waals surface area contributed by atoms with Crippen molar-refractivity contribution >= 4 is 5.78 Å². The Bertz CT molecular complexity index is 429. The number of carbonyl (C=O) groups excluding carboxylic acids is 1. The zero-order chi connectivity index (χ0) is 15.5. The number of carbonyl (C=O) groups is 1. The van der Waals surface area contributed by atoms with Crippen LogP contribution in [0.1, 0.15) is 75.6 Å². The summed E-state index contributed by atoms with van der Waals surface area (Å²) in [6, 6.07) is 4.44. The van der Waals surface area contributed by atoms with Gasteiger partial charge in [-0.2, -0.15) is 0 Å². The molecule has 0 unspecified atom stereocenters. The number of benzene rings is 1. The lowest BCUT2D eigenvalue weighted by Crippen LogP contribution is -2.01. The van der Waals surface area contributed by atoms with Gasteiger partial charge in [-0.1, -0.05) is 51.9 Å². The van der Waals surface area contributed by atoms with E-state index in [0.29, 0.717) is 12.4 Å². The van der Waals surface area contributed by atoms with E-state index in [2.05, 4.69) is 6.92 Å². The predicted octanol–water partition coefficient (Wildman–Crippen LogP) is 5.55. The molecule has 0 spiro atoms. The Labute approximate surface area is 127 Å². The topological polar surface area (TPSA) is 26.3 Å². The Morgan fingerprint density at radius 1 is 1.05 bits per heavy atom. The lowest BCUT2D eigenvalue weighted by molar-refractivity contribution is 0.101. The molecule has 0 atom stereocenters. The molecule has 1 rings (SSSR count). The Hall–Kier alpha value is -1.38. The van der Waals surface area contributed by atoms with Crippen LogP contribution in [0.2, 0.25) is 0 Å². The van der Waals surface area contributed by atoms with Gasteiger partial charge in [-0.25, -0.2) is 4.39 Å². The third-order valence-corrected chi connectivity index (χ3v) is 3.59. The zero-order valence-electron chi connectivity index (χ0n) is 13.3. The van der Waals surface area contributed by atoms with E-state index in [9.17, 15) is 9.18 Å². The highest BCUT2D eigenvalue weighted by atomic mass is 19.1. The van der Waals surface area contributed by atoms with Crippen LogP contribution in [0.15, 0.2) is 18.2 Å². The van der Waals surface area contributed by atoms with Gasteiger partial charge in [0, 0.05) is 6.07 Å². The van der Waals surface area contributed by atoms with E-state index < -0.39 is 5.82 Å². The number of ketones is 1. The fraction of sp³-hybridized carbons (Fsp3) is 0.611. The molecule has 0 saturated heterocycles. The highest BCUT2D eigenvalue weighted by Gasteiger charge is 2.08. The molecule has 0 bridgehead atoms. The number of hydrogen-bond acceptors (Lipinski definition) is 2. The van der Waals surface area contributed by atoms with Crippen LogP contribution in [-0.4, -0.2) is 12.4 Å². The van der Waals surface area contributed by atoms with E-state index in [1.54, 1.807) is 6.07 Å². The Morgan fingerprint density at radius 2 is 1.67 bits per heavy atom. The van der Waals surface area contributed by atoms with Gasteiger partial charge in [-0.15, -0.1) is 0 Å². The SMILES string of the molecule is CCCCCCCCCCOc1ccc(C(C)=O)c(F)c1. The molecule has 0 saturated carbocycles. The second kappa shape index (κ2) is 10.4. The second-order valence-electron chi connectivity index (χ2n) is 5.52.